The lowest BCUT2D eigenvalue weighted by molar-refractivity contribution is 0.0958. The fourth-order valence-electron chi connectivity index (χ4n) is 4.20. The van der Waals surface area contributed by atoms with E-state index in [1.165, 1.54) is 6.07 Å². The number of benzene rings is 2. The van der Waals surface area contributed by atoms with Gasteiger partial charge in [0, 0.05) is 52.4 Å². The Labute approximate surface area is 204 Å². The molecule has 0 aliphatic heterocycles. The number of carbonyl (C=O) groups is 1. The number of likely N-dealkylation sites (N-methyl/N-ethyl adjacent to an activating group) is 1. The number of hydrogen-bond acceptors (Lipinski definition) is 3. The van der Waals surface area contributed by atoms with Crippen molar-refractivity contribution in [3.63, 3.8) is 0 Å². The van der Waals surface area contributed by atoms with Crippen LogP contribution in [-0.2, 0) is 9.47 Å². The minimum Gasteiger partial charge on any atom is -0.385 e. The van der Waals surface area contributed by atoms with Crippen LogP contribution in [0.15, 0.2) is 42.5 Å². The maximum atomic E-state index is 15.1. The molecule has 188 valence electrons. The minimum atomic E-state index is -0.214. The Hall–Kier alpha value is -2.44. The van der Waals surface area contributed by atoms with Crippen LogP contribution in [0.4, 0.5) is 9.18 Å². The van der Waals surface area contributed by atoms with Gasteiger partial charge in [-0.2, -0.15) is 0 Å². The van der Waals surface area contributed by atoms with Crippen LogP contribution in [0.5, 0.6) is 0 Å². The molecule has 0 aliphatic rings. The van der Waals surface area contributed by atoms with Crippen LogP contribution in [0.2, 0.25) is 0 Å². The molecular weight excluding hydrogens is 431 g/mol. The normalized spacial score (nSPS) is 11.9. The number of amides is 2. The first-order chi connectivity index (χ1) is 16.4. The summed E-state index contributed by atoms with van der Waals surface area (Å²) in [5.74, 6) is -0.166. The van der Waals surface area contributed by atoms with Crippen molar-refractivity contribution in [1.29, 1.82) is 0 Å². The van der Waals surface area contributed by atoms with E-state index in [0.29, 0.717) is 31.9 Å². The molecule has 1 atom stereocenters. The van der Waals surface area contributed by atoms with E-state index >= 15 is 4.39 Å². The predicted octanol–water partition coefficient (Wildman–Crippen LogP) is 6.11. The van der Waals surface area contributed by atoms with Crippen molar-refractivity contribution in [3.8, 4) is 11.1 Å². The summed E-state index contributed by atoms with van der Waals surface area (Å²) < 4.78 is 26.3. The Morgan fingerprint density at radius 1 is 1.03 bits per heavy atom. The fourth-order valence-corrected chi connectivity index (χ4v) is 4.20. The summed E-state index contributed by atoms with van der Waals surface area (Å²) >= 11 is 0. The zero-order valence-corrected chi connectivity index (χ0v) is 21.5. The molecule has 0 radical (unpaired) electrons. The van der Waals surface area contributed by atoms with Crippen LogP contribution >= 0.6 is 0 Å². The van der Waals surface area contributed by atoms with Crippen molar-refractivity contribution in [1.82, 2.24) is 9.80 Å². The number of methoxy groups -OCH3 is 1. The topological polar surface area (TPSA) is 42.0 Å². The van der Waals surface area contributed by atoms with E-state index in [4.69, 9.17) is 9.47 Å². The third-order valence-corrected chi connectivity index (χ3v) is 6.05. The molecule has 0 heterocycles. The molecule has 6 heteroatoms. The van der Waals surface area contributed by atoms with Gasteiger partial charge in [0.25, 0.3) is 0 Å². The molecule has 2 aromatic carbocycles. The highest BCUT2D eigenvalue weighted by Gasteiger charge is 2.20. The molecule has 5 nitrogen and oxygen atoms in total. The van der Waals surface area contributed by atoms with Gasteiger partial charge in [0.1, 0.15) is 5.82 Å². The highest BCUT2D eigenvalue weighted by atomic mass is 19.1. The lowest BCUT2D eigenvalue weighted by Crippen LogP contribution is -2.40. The Bertz CT molecular complexity index is 890. The molecule has 2 aromatic rings. The molecule has 2 amide bonds. The number of nitrogens with zero attached hydrogens (tertiary/aromatic N) is 2. The molecule has 0 saturated heterocycles. The largest absolute Gasteiger partial charge is 0.385 e. The zero-order chi connectivity index (χ0) is 24.9. The molecule has 0 aromatic heterocycles. The van der Waals surface area contributed by atoms with Crippen LogP contribution in [0.3, 0.4) is 0 Å². The second kappa shape index (κ2) is 14.7. The van der Waals surface area contributed by atoms with Gasteiger partial charge in [-0.3, -0.25) is 0 Å². The number of halogens is 1. The van der Waals surface area contributed by atoms with Gasteiger partial charge >= 0.3 is 6.03 Å². The first-order valence-electron chi connectivity index (χ1n) is 12.3. The summed E-state index contributed by atoms with van der Waals surface area (Å²) in [6.45, 7) is 6.93. The summed E-state index contributed by atoms with van der Waals surface area (Å²) in [5.41, 5.74) is 3.61. The third kappa shape index (κ3) is 8.41. The Morgan fingerprint density at radius 3 is 2.47 bits per heavy atom. The molecular formula is C28H41FN2O3. The van der Waals surface area contributed by atoms with Gasteiger partial charge in [-0.25, -0.2) is 9.18 Å². The molecule has 0 bridgehead atoms. The van der Waals surface area contributed by atoms with E-state index in [9.17, 15) is 4.79 Å². The monoisotopic (exact) mass is 472 g/mol. The van der Waals surface area contributed by atoms with Crippen LogP contribution in [0.25, 0.3) is 11.1 Å². The number of rotatable bonds is 14. The molecule has 0 N–H and O–H groups in total. The Balaban J connectivity index is 2.13. The minimum absolute atomic E-state index is 0.00608. The van der Waals surface area contributed by atoms with Crippen molar-refractivity contribution >= 4 is 6.03 Å². The molecule has 0 spiro atoms. The lowest BCUT2D eigenvalue weighted by atomic mass is 9.87. The van der Waals surface area contributed by atoms with Crippen molar-refractivity contribution < 1.29 is 18.7 Å². The number of carbonyl (C=O) groups excluding carboxylic acids is 1. The molecule has 1 unspecified atom stereocenters. The number of ether oxygens (including phenoxy) is 2. The average molecular weight is 473 g/mol. The van der Waals surface area contributed by atoms with Gasteiger partial charge in [-0.05, 0) is 43.4 Å². The van der Waals surface area contributed by atoms with E-state index in [1.54, 1.807) is 30.0 Å². The maximum Gasteiger partial charge on any atom is 0.319 e. The van der Waals surface area contributed by atoms with E-state index in [-0.39, 0.29) is 17.8 Å². The van der Waals surface area contributed by atoms with E-state index in [1.807, 2.05) is 44.3 Å². The van der Waals surface area contributed by atoms with Crippen molar-refractivity contribution in [2.45, 2.75) is 45.4 Å². The fraction of sp³-hybridized carbons (Fsp3) is 0.536. The third-order valence-electron chi connectivity index (χ3n) is 6.05. The smallest absolute Gasteiger partial charge is 0.319 e. The number of urea groups is 1. The van der Waals surface area contributed by atoms with Gasteiger partial charge in [-0.1, -0.05) is 55.3 Å². The Kier molecular flexibility index (Phi) is 12.1. The zero-order valence-electron chi connectivity index (χ0n) is 21.5. The summed E-state index contributed by atoms with van der Waals surface area (Å²) in [5, 5.41) is 0. The van der Waals surface area contributed by atoms with E-state index in [2.05, 4.69) is 6.92 Å². The summed E-state index contributed by atoms with van der Waals surface area (Å²) in [4.78, 5) is 15.8. The number of hydrogen-bond donors (Lipinski definition) is 0. The van der Waals surface area contributed by atoms with Crippen LogP contribution in [0.1, 0.15) is 49.7 Å². The summed E-state index contributed by atoms with van der Waals surface area (Å²) in [6, 6.07) is 13.3. The molecule has 0 saturated carbocycles. The highest BCUT2D eigenvalue weighted by molar-refractivity contribution is 5.73. The quantitative estimate of drug-likeness (QED) is 0.312. The van der Waals surface area contributed by atoms with Crippen LogP contribution in [-0.4, -0.2) is 69.9 Å². The second-order valence-corrected chi connectivity index (χ2v) is 8.96. The summed E-state index contributed by atoms with van der Waals surface area (Å²) in [7, 11) is 5.32. The van der Waals surface area contributed by atoms with E-state index in [0.717, 1.165) is 48.9 Å². The van der Waals surface area contributed by atoms with Gasteiger partial charge in [0.2, 0.25) is 0 Å². The molecule has 34 heavy (non-hydrogen) atoms. The number of aryl methyl sites for hydroxylation is 1. The van der Waals surface area contributed by atoms with Crippen molar-refractivity contribution in [2.24, 2.45) is 0 Å². The van der Waals surface area contributed by atoms with Crippen LogP contribution < -0.4 is 0 Å². The SMILES string of the molecule is CCCN(C)C(=O)N(C)CCOCC(CCCCOC)c1cccc(F)c1-c1cccc(C)c1. The van der Waals surface area contributed by atoms with Gasteiger partial charge < -0.3 is 19.3 Å². The molecule has 0 fully saturated rings. The highest BCUT2D eigenvalue weighted by Crippen LogP contribution is 2.35. The second-order valence-electron chi connectivity index (χ2n) is 8.96. The first kappa shape index (κ1) is 27.8. The lowest BCUT2D eigenvalue weighted by Gasteiger charge is -2.25. The van der Waals surface area contributed by atoms with Crippen molar-refractivity contribution in [3.05, 3.63) is 59.4 Å². The number of unbranched alkanes of at least 4 members (excludes halogenated alkanes) is 1. The van der Waals surface area contributed by atoms with Crippen LogP contribution in [0, 0.1) is 12.7 Å². The molecule has 0 aliphatic carbocycles. The maximum absolute atomic E-state index is 15.1. The predicted molar refractivity (Wildman–Crippen MR) is 137 cm³/mol. The van der Waals surface area contributed by atoms with Gasteiger partial charge in [0.15, 0.2) is 0 Å². The first-order valence-corrected chi connectivity index (χ1v) is 12.3. The van der Waals surface area contributed by atoms with E-state index < -0.39 is 0 Å². The summed E-state index contributed by atoms with van der Waals surface area (Å²) in [6.07, 6.45) is 3.71. The van der Waals surface area contributed by atoms with Gasteiger partial charge in [-0.15, -0.1) is 0 Å². The Morgan fingerprint density at radius 2 is 1.76 bits per heavy atom. The average Bonchev–Trinajstić information content (AvgIpc) is 2.82. The van der Waals surface area contributed by atoms with Gasteiger partial charge in [0.05, 0.1) is 13.2 Å². The standard InChI is InChI=1S/C28H41FN2O3/c1-6-16-30(3)28(32)31(4)17-19-34-21-24(12-7-8-18-33-5)25-14-10-15-26(29)27(25)23-13-9-11-22(2)20-23/h9-11,13-15,20,24H,6-8,12,16-19,21H2,1-5H3. The molecule has 2 rings (SSSR count). The van der Waals surface area contributed by atoms with Crippen molar-refractivity contribution in [2.75, 3.05) is 54.1 Å².